The van der Waals surface area contributed by atoms with Crippen LogP contribution < -0.4 is 10.3 Å². The van der Waals surface area contributed by atoms with Crippen LogP contribution in [0.4, 0.5) is 0 Å². The molecule has 1 atom stereocenters. The summed E-state index contributed by atoms with van der Waals surface area (Å²) in [4.78, 5) is 21.0. The molecule has 0 radical (unpaired) electrons. The average Bonchev–Trinajstić information content (AvgIpc) is 3.29. The summed E-state index contributed by atoms with van der Waals surface area (Å²) in [5.74, 6) is 1.46. The molecule has 9 heteroatoms. The Labute approximate surface area is 198 Å². The first-order chi connectivity index (χ1) is 16.5. The van der Waals surface area contributed by atoms with Gasteiger partial charge in [-0.1, -0.05) is 23.8 Å². The average molecular weight is 460 g/mol. The van der Waals surface area contributed by atoms with Gasteiger partial charge < -0.3 is 14.6 Å². The number of aromatic nitrogens is 5. The minimum absolute atomic E-state index is 0.112. The number of fused-ring (bicyclic) bond motifs is 1. The summed E-state index contributed by atoms with van der Waals surface area (Å²) < 4.78 is 7.07. The molecule has 34 heavy (non-hydrogen) atoms. The predicted molar refractivity (Wildman–Crippen MR) is 130 cm³/mol. The Bertz CT molecular complexity index is 1340. The van der Waals surface area contributed by atoms with Gasteiger partial charge in [0.15, 0.2) is 5.82 Å². The number of rotatable bonds is 6. The number of likely N-dealkylation sites (N-methyl/N-ethyl adjacent to an activating group) is 1. The number of H-pyrrole nitrogens is 1. The molecular weight excluding hydrogens is 430 g/mol. The lowest BCUT2D eigenvalue weighted by Gasteiger charge is -2.37. The number of nitrogens with zero attached hydrogens (tertiary/aromatic N) is 6. The molecule has 1 aliphatic rings. The fourth-order valence-electron chi connectivity index (χ4n) is 4.55. The van der Waals surface area contributed by atoms with Gasteiger partial charge in [0.1, 0.15) is 11.8 Å². The van der Waals surface area contributed by atoms with Crippen molar-refractivity contribution in [2.24, 2.45) is 0 Å². The molecule has 0 saturated carbocycles. The normalized spacial score (nSPS) is 16.1. The van der Waals surface area contributed by atoms with Gasteiger partial charge in [-0.2, -0.15) is 0 Å². The van der Waals surface area contributed by atoms with E-state index in [9.17, 15) is 4.79 Å². The highest BCUT2D eigenvalue weighted by atomic mass is 16.5. The van der Waals surface area contributed by atoms with E-state index in [1.54, 1.807) is 11.8 Å². The largest absolute Gasteiger partial charge is 0.497 e. The molecule has 4 aromatic rings. The third-order valence-corrected chi connectivity index (χ3v) is 6.52. The molecule has 0 bridgehead atoms. The van der Waals surface area contributed by atoms with E-state index in [1.165, 1.54) is 0 Å². The molecule has 0 spiro atoms. The molecule has 1 saturated heterocycles. The Balaban J connectivity index is 1.58. The van der Waals surface area contributed by atoms with Gasteiger partial charge in [0, 0.05) is 37.3 Å². The highest BCUT2D eigenvalue weighted by molar-refractivity contribution is 5.79. The molecular formula is C25H29N7O2. The first kappa shape index (κ1) is 22.2. The monoisotopic (exact) mass is 459 g/mol. The van der Waals surface area contributed by atoms with E-state index in [0.717, 1.165) is 54.0 Å². The van der Waals surface area contributed by atoms with E-state index in [0.29, 0.717) is 17.9 Å². The van der Waals surface area contributed by atoms with Crippen LogP contribution >= 0.6 is 0 Å². The number of piperazine rings is 1. The molecule has 2 aromatic heterocycles. The maximum absolute atomic E-state index is 13.3. The summed E-state index contributed by atoms with van der Waals surface area (Å²) in [7, 11) is 3.77. The molecule has 176 valence electrons. The van der Waals surface area contributed by atoms with Gasteiger partial charge in [0.05, 0.1) is 13.7 Å². The maximum atomic E-state index is 13.3. The van der Waals surface area contributed by atoms with Gasteiger partial charge in [0.2, 0.25) is 0 Å². The van der Waals surface area contributed by atoms with Crippen molar-refractivity contribution in [1.82, 2.24) is 35.0 Å². The first-order valence-electron chi connectivity index (χ1n) is 11.5. The fourth-order valence-corrected chi connectivity index (χ4v) is 4.55. The molecule has 0 aliphatic carbocycles. The molecule has 9 nitrogen and oxygen atoms in total. The summed E-state index contributed by atoms with van der Waals surface area (Å²) in [5.41, 5.74) is 3.57. The third-order valence-electron chi connectivity index (χ3n) is 6.52. The second-order valence-corrected chi connectivity index (χ2v) is 8.93. The second-order valence-electron chi connectivity index (χ2n) is 8.93. The first-order valence-corrected chi connectivity index (χ1v) is 11.5. The zero-order valence-corrected chi connectivity index (χ0v) is 19.7. The number of hydrogen-bond acceptors (Lipinski definition) is 7. The zero-order valence-electron chi connectivity index (χ0n) is 19.7. The molecule has 1 N–H and O–H groups in total. The Hall–Kier alpha value is -3.56. The molecule has 5 rings (SSSR count). The molecule has 3 heterocycles. The zero-order chi connectivity index (χ0) is 23.7. The number of aromatic amines is 1. The van der Waals surface area contributed by atoms with Crippen molar-refractivity contribution in [1.29, 1.82) is 0 Å². The van der Waals surface area contributed by atoms with Crippen LogP contribution in [0.1, 0.15) is 28.6 Å². The van der Waals surface area contributed by atoms with Crippen molar-refractivity contribution in [3.63, 3.8) is 0 Å². The smallest absolute Gasteiger partial charge is 0.253 e. The summed E-state index contributed by atoms with van der Waals surface area (Å²) >= 11 is 0. The van der Waals surface area contributed by atoms with Crippen molar-refractivity contribution >= 4 is 10.9 Å². The van der Waals surface area contributed by atoms with Gasteiger partial charge in [-0.15, -0.1) is 5.10 Å². The number of methoxy groups -OCH3 is 1. The van der Waals surface area contributed by atoms with Crippen molar-refractivity contribution in [3.05, 3.63) is 81.4 Å². The Morgan fingerprint density at radius 3 is 2.56 bits per heavy atom. The van der Waals surface area contributed by atoms with E-state index in [4.69, 9.17) is 4.74 Å². The summed E-state index contributed by atoms with van der Waals surface area (Å²) in [6.07, 6.45) is 0. The summed E-state index contributed by atoms with van der Waals surface area (Å²) in [6.45, 7) is 6.03. The van der Waals surface area contributed by atoms with Crippen LogP contribution in [-0.2, 0) is 6.54 Å². The standard InChI is InChI=1S/C25H29N7O2/c1-17-4-9-22-19(14-17)15-21(25(33)26-22)23(31-12-10-30(2)11-13-31)24-27-28-29-32(24)16-18-5-7-20(34-3)8-6-18/h4-9,14-15,23H,10-13,16H2,1-3H3,(H,26,33)/t23-/m1/s1. The summed E-state index contributed by atoms with van der Waals surface area (Å²) in [6, 6.07) is 15.5. The van der Waals surface area contributed by atoms with Gasteiger partial charge >= 0.3 is 0 Å². The number of nitrogens with one attached hydrogen (secondary N) is 1. The topological polar surface area (TPSA) is 92.2 Å². The lowest BCUT2D eigenvalue weighted by molar-refractivity contribution is 0.121. The SMILES string of the molecule is COc1ccc(Cn2nnnc2[C@@H](c2cc3cc(C)ccc3[nH]c2=O)N2CCN(C)CC2)cc1. The number of aryl methyl sites for hydroxylation is 1. The van der Waals surface area contributed by atoms with E-state index in [1.807, 2.05) is 42.5 Å². The second kappa shape index (κ2) is 9.36. The lowest BCUT2D eigenvalue weighted by atomic mass is 10.0. The van der Waals surface area contributed by atoms with Crippen molar-refractivity contribution in [3.8, 4) is 5.75 Å². The molecule has 1 aliphatic heterocycles. The highest BCUT2D eigenvalue weighted by Gasteiger charge is 2.32. The summed E-state index contributed by atoms with van der Waals surface area (Å²) in [5, 5.41) is 13.7. The molecule has 0 unspecified atom stereocenters. The lowest BCUT2D eigenvalue weighted by Crippen LogP contribution is -2.47. The quantitative estimate of drug-likeness (QED) is 0.473. The van der Waals surface area contributed by atoms with Gasteiger partial charge in [0.25, 0.3) is 5.56 Å². The maximum Gasteiger partial charge on any atom is 0.253 e. The van der Waals surface area contributed by atoms with E-state index in [-0.39, 0.29) is 11.6 Å². The van der Waals surface area contributed by atoms with Crippen LogP contribution in [0.5, 0.6) is 5.75 Å². The Morgan fingerprint density at radius 1 is 1.06 bits per heavy atom. The third kappa shape index (κ3) is 4.44. The molecule has 0 amide bonds. The highest BCUT2D eigenvalue weighted by Crippen LogP contribution is 2.28. The number of tetrazole rings is 1. The minimum Gasteiger partial charge on any atom is -0.497 e. The Kier molecular flexibility index (Phi) is 6.12. The molecule has 2 aromatic carbocycles. The fraction of sp³-hybridized carbons (Fsp3) is 0.360. The molecule has 1 fully saturated rings. The van der Waals surface area contributed by atoms with Crippen LogP contribution in [0.2, 0.25) is 0 Å². The van der Waals surface area contributed by atoms with Crippen molar-refractivity contribution in [2.45, 2.75) is 19.5 Å². The van der Waals surface area contributed by atoms with Crippen LogP contribution in [0.3, 0.4) is 0 Å². The number of pyridine rings is 1. The van der Waals surface area contributed by atoms with E-state index in [2.05, 4.69) is 50.3 Å². The van der Waals surface area contributed by atoms with Crippen LogP contribution in [-0.4, -0.2) is 75.3 Å². The predicted octanol–water partition coefficient (Wildman–Crippen LogP) is 2.22. The number of ether oxygens (including phenoxy) is 1. The van der Waals surface area contributed by atoms with Crippen LogP contribution in [0.25, 0.3) is 10.9 Å². The van der Waals surface area contributed by atoms with Gasteiger partial charge in [-0.3, -0.25) is 9.69 Å². The van der Waals surface area contributed by atoms with Gasteiger partial charge in [-0.25, -0.2) is 4.68 Å². The van der Waals surface area contributed by atoms with E-state index < -0.39 is 0 Å². The number of hydrogen-bond donors (Lipinski definition) is 1. The van der Waals surface area contributed by atoms with Crippen molar-refractivity contribution in [2.75, 3.05) is 40.3 Å². The van der Waals surface area contributed by atoms with Crippen LogP contribution in [0, 0.1) is 6.92 Å². The minimum atomic E-state index is -0.351. The Morgan fingerprint density at radius 2 is 1.82 bits per heavy atom. The van der Waals surface area contributed by atoms with Crippen LogP contribution in [0.15, 0.2) is 53.3 Å². The van der Waals surface area contributed by atoms with Gasteiger partial charge in [-0.05, 0) is 65.7 Å². The van der Waals surface area contributed by atoms with E-state index >= 15 is 0 Å². The number of benzene rings is 2. The van der Waals surface area contributed by atoms with Crippen molar-refractivity contribution < 1.29 is 4.74 Å².